The van der Waals surface area contributed by atoms with E-state index in [4.69, 9.17) is 0 Å². The van der Waals surface area contributed by atoms with Crippen LogP contribution in [0.15, 0.2) is 41.6 Å². The number of hydrogen-bond acceptors (Lipinski definition) is 5. The first kappa shape index (κ1) is 19.4. The Labute approximate surface area is 159 Å². The Morgan fingerprint density at radius 1 is 1.15 bits per heavy atom. The summed E-state index contributed by atoms with van der Waals surface area (Å²) in [7, 11) is -3.52. The van der Waals surface area contributed by atoms with Crippen molar-refractivity contribution in [1.82, 2.24) is 19.6 Å². The largest absolute Gasteiger partial charge is 0.346 e. The van der Waals surface area contributed by atoms with Gasteiger partial charge in [0, 0.05) is 30.3 Å². The zero-order chi connectivity index (χ0) is 19.4. The highest BCUT2D eigenvalue weighted by molar-refractivity contribution is 7.89. The van der Waals surface area contributed by atoms with Crippen LogP contribution in [-0.4, -0.2) is 41.7 Å². The lowest BCUT2D eigenvalue weighted by Crippen LogP contribution is -2.30. The molecule has 1 amide bonds. The van der Waals surface area contributed by atoms with Gasteiger partial charge < -0.3 is 5.32 Å². The Kier molecular flexibility index (Phi) is 5.86. The van der Waals surface area contributed by atoms with Gasteiger partial charge in [-0.15, -0.1) is 0 Å². The fourth-order valence-electron chi connectivity index (χ4n) is 2.88. The fourth-order valence-corrected chi connectivity index (χ4v) is 4.34. The molecular formula is C19H24N4O3S. The van der Waals surface area contributed by atoms with Crippen molar-refractivity contribution in [3.05, 3.63) is 53.6 Å². The predicted molar refractivity (Wildman–Crippen MR) is 102 cm³/mol. The number of carbonyl (C=O) groups is 1. The van der Waals surface area contributed by atoms with Crippen LogP contribution in [-0.2, 0) is 16.6 Å². The van der Waals surface area contributed by atoms with Gasteiger partial charge in [-0.25, -0.2) is 18.4 Å². The van der Waals surface area contributed by atoms with Crippen molar-refractivity contribution in [3.63, 3.8) is 0 Å². The van der Waals surface area contributed by atoms with E-state index >= 15 is 0 Å². The molecule has 0 aliphatic heterocycles. The number of carbonyl (C=O) groups excluding carboxylic acids is 1. The number of hydrogen-bond donors (Lipinski definition) is 1. The Balaban J connectivity index is 1.64. The molecule has 1 aliphatic carbocycles. The van der Waals surface area contributed by atoms with Crippen LogP contribution in [0.4, 0.5) is 0 Å². The third kappa shape index (κ3) is 4.51. The minimum absolute atomic E-state index is 0.188. The topological polar surface area (TPSA) is 92.3 Å². The van der Waals surface area contributed by atoms with Crippen LogP contribution >= 0.6 is 0 Å². The molecule has 1 aromatic carbocycles. The van der Waals surface area contributed by atoms with Crippen molar-refractivity contribution >= 4 is 15.9 Å². The molecule has 2 aromatic rings. The normalized spacial score (nSPS) is 14.3. The molecule has 3 rings (SSSR count). The summed E-state index contributed by atoms with van der Waals surface area (Å²) >= 11 is 0. The van der Waals surface area contributed by atoms with E-state index in [1.165, 1.54) is 34.9 Å². The predicted octanol–water partition coefficient (Wildman–Crippen LogP) is 2.31. The van der Waals surface area contributed by atoms with E-state index in [0.717, 1.165) is 24.2 Å². The van der Waals surface area contributed by atoms with Crippen LogP contribution in [0.5, 0.6) is 0 Å². The third-order valence-electron chi connectivity index (χ3n) is 4.63. The zero-order valence-electron chi connectivity index (χ0n) is 15.6. The molecule has 1 N–H and O–H groups in total. The molecule has 144 valence electrons. The van der Waals surface area contributed by atoms with Gasteiger partial charge >= 0.3 is 0 Å². The summed E-state index contributed by atoms with van der Waals surface area (Å²) < 4.78 is 26.4. The lowest BCUT2D eigenvalue weighted by atomic mass is 10.2. The van der Waals surface area contributed by atoms with Gasteiger partial charge in [-0.3, -0.25) is 4.79 Å². The molecule has 1 heterocycles. The van der Waals surface area contributed by atoms with Gasteiger partial charge in [-0.1, -0.05) is 13.8 Å². The first-order chi connectivity index (χ1) is 13.0. The number of nitrogens with one attached hydrogen (secondary N) is 1. The van der Waals surface area contributed by atoms with Crippen LogP contribution in [0.25, 0.3) is 0 Å². The summed E-state index contributed by atoms with van der Waals surface area (Å²) in [5.74, 6) is 0.260. The minimum atomic E-state index is -3.52. The van der Waals surface area contributed by atoms with Crippen LogP contribution in [0.2, 0.25) is 0 Å². The fraction of sp³-hybridized carbons (Fsp3) is 0.421. The number of amides is 1. The molecule has 0 bridgehead atoms. The van der Waals surface area contributed by atoms with E-state index in [2.05, 4.69) is 15.3 Å². The summed E-state index contributed by atoms with van der Waals surface area (Å²) in [5, 5.41) is 2.82. The zero-order valence-corrected chi connectivity index (χ0v) is 16.4. The summed E-state index contributed by atoms with van der Waals surface area (Å²) in [4.78, 5) is 21.0. The maximum absolute atomic E-state index is 12.5. The van der Waals surface area contributed by atoms with Gasteiger partial charge in [-0.2, -0.15) is 4.31 Å². The van der Waals surface area contributed by atoms with Gasteiger partial charge in [-0.05, 0) is 43.2 Å². The van der Waals surface area contributed by atoms with Crippen LogP contribution in [0.3, 0.4) is 0 Å². The number of nitrogens with zero attached hydrogens (tertiary/aromatic N) is 3. The van der Waals surface area contributed by atoms with Crippen LogP contribution < -0.4 is 5.32 Å². The maximum Gasteiger partial charge on any atom is 0.251 e. The molecule has 0 saturated heterocycles. The molecule has 0 atom stereocenters. The Morgan fingerprint density at radius 3 is 2.41 bits per heavy atom. The van der Waals surface area contributed by atoms with Crippen LogP contribution in [0, 0.1) is 0 Å². The SMILES string of the molecule is CCN(CC)S(=O)(=O)c1ccc(C(=O)NCc2cc(C3CC3)ncn2)cc1. The monoisotopic (exact) mass is 388 g/mol. The number of rotatable bonds is 8. The molecule has 1 saturated carbocycles. The summed E-state index contributed by atoms with van der Waals surface area (Å²) in [6, 6.07) is 7.93. The first-order valence-electron chi connectivity index (χ1n) is 9.15. The van der Waals surface area contributed by atoms with Crippen LogP contribution in [0.1, 0.15) is 54.4 Å². The van der Waals surface area contributed by atoms with Crippen molar-refractivity contribution < 1.29 is 13.2 Å². The molecule has 0 spiro atoms. The molecule has 1 aliphatic rings. The minimum Gasteiger partial charge on any atom is -0.346 e. The first-order valence-corrected chi connectivity index (χ1v) is 10.6. The lowest BCUT2D eigenvalue weighted by Gasteiger charge is -2.18. The van der Waals surface area contributed by atoms with Gasteiger partial charge in [0.05, 0.1) is 17.1 Å². The highest BCUT2D eigenvalue weighted by Gasteiger charge is 2.25. The van der Waals surface area contributed by atoms with Crippen molar-refractivity contribution in [2.45, 2.75) is 44.0 Å². The average molecular weight is 388 g/mol. The third-order valence-corrected chi connectivity index (χ3v) is 6.69. The van der Waals surface area contributed by atoms with Crippen molar-refractivity contribution in [3.8, 4) is 0 Å². The number of sulfonamides is 1. The Morgan fingerprint density at radius 2 is 1.81 bits per heavy atom. The molecule has 1 fully saturated rings. The average Bonchev–Trinajstić information content (AvgIpc) is 3.52. The smallest absolute Gasteiger partial charge is 0.251 e. The van der Waals surface area contributed by atoms with E-state index in [1.54, 1.807) is 13.8 Å². The van der Waals surface area contributed by atoms with Gasteiger partial charge in [0.15, 0.2) is 0 Å². The van der Waals surface area contributed by atoms with Crippen molar-refractivity contribution in [2.24, 2.45) is 0 Å². The summed E-state index contributed by atoms with van der Waals surface area (Å²) in [5.41, 5.74) is 2.20. The maximum atomic E-state index is 12.5. The molecule has 27 heavy (non-hydrogen) atoms. The quantitative estimate of drug-likeness (QED) is 0.749. The Bertz CT molecular complexity index is 905. The second-order valence-electron chi connectivity index (χ2n) is 6.50. The molecule has 7 nitrogen and oxygen atoms in total. The highest BCUT2D eigenvalue weighted by atomic mass is 32.2. The molecule has 1 aromatic heterocycles. The summed E-state index contributed by atoms with van der Waals surface area (Å²) in [6.45, 7) is 4.71. The highest BCUT2D eigenvalue weighted by Crippen LogP contribution is 2.38. The molecule has 0 radical (unpaired) electrons. The second kappa shape index (κ2) is 8.14. The second-order valence-corrected chi connectivity index (χ2v) is 8.44. The lowest BCUT2D eigenvalue weighted by molar-refractivity contribution is 0.0950. The van der Waals surface area contributed by atoms with Crippen molar-refractivity contribution in [1.29, 1.82) is 0 Å². The van der Waals surface area contributed by atoms with Gasteiger partial charge in [0.25, 0.3) is 5.91 Å². The molecule has 8 heteroatoms. The molecular weight excluding hydrogens is 364 g/mol. The van der Waals surface area contributed by atoms with E-state index in [-0.39, 0.29) is 10.8 Å². The van der Waals surface area contributed by atoms with E-state index in [1.807, 2.05) is 6.07 Å². The van der Waals surface area contributed by atoms with Gasteiger partial charge in [0.1, 0.15) is 6.33 Å². The number of aromatic nitrogens is 2. The Hall–Kier alpha value is -2.32. The number of benzene rings is 1. The molecule has 0 unspecified atom stereocenters. The van der Waals surface area contributed by atoms with E-state index in [9.17, 15) is 13.2 Å². The summed E-state index contributed by atoms with van der Waals surface area (Å²) in [6.07, 6.45) is 3.85. The van der Waals surface area contributed by atoms with Gasteiger partial charge in [0.2, 0.25) is 10.0 Å². The standard InChI is InChI=1S/C19H24N4O3S/c1-3-23(4-2)27(25,26)17-9-7-15(8-10-17)19(24)20-12-16-11-18(14-5-6-14)22-13-21-16/h7-11,13-14H,3-6,12H2,1-2H3,(H,20,24). The van der Waals surface area contributed by atoms with Crippen molar-refractivity contribution in [2.75, 3.05) is 13.1 Å². The van der Waals surface area contributed by atoms with E-state index < -0.39 is 10.0 Å². The van der Waals surface area contributed by atoms with E-state index in [0.29, 0.717) is 31.1 Å².